The first-order valence-corrected chi connectivity index (χ1v) is 7.01. The Kier molecular flexibility index (Phi) is 5.14. The lowest BCUT2D eigenvalue weighted by Crippen LogP contribution is -2.44. The molecule has 0 amide bonds. The largest absolute Gasteiger partial charge is 0.380 e. The average Bonchev–Trinajstić information content (AvgIpc) is 3.22. The molecule has 100 valence electrons. The van der Waals surface area contributed by atoms with Crippen LogP contribution in [0.1, 0.15) is 31.9 Å². The van der Waals surface area contributed by atoms with Crippen LogP contribution < -0.4 is 5.32 Å². The average molecular weight is 248 g/mol. The second kappa shape index (κ2) is 6.86. The number of hydrogen-bond donors (Lipinski definition) is 1. The maximum absolute atomic E-state index is 5.72. The van der Waals surface area contributed by atoms with Crippen LogP contribution in [0.15, 0.2) is 24.4 Å². The lowest BCUT2D eigenvalue weighted by atomic mass is 10.0. The van der Waals surface area contributed by atoms with Gasteiger partial charge in [0.15, 0.2) is 0 Å². The molecule has 3 heteroatoms. The summed E-state index contributed by atoms with van der Waals surface area (Å²) in [4.78, 5) is 4.43. The van der Waals surface area contributed by atoms with Crippen molar-refractivity contribution in [1.82, 2.24) is 10.3 Å². The summed E-state index contributed by atoms with van der Waals surface area (Å²) in [7, 11) is 1.84. The number of nitrogens with zero attached hydrogens (tertiary/aromatic N) is 1. The van der Waals surface area contributed by atoms with Gasteiger partial charge < -0.3 is 10.1 Å². The van der Waals surface area contributed by atoms with Gasteiger partial charge in [0.2, 0.25) is 0 Å². The van der Waals surface area contributed by atoms with Gasteiger partial charge in [0.25, 0.3) is 0 Å². The molecule has 18 heavy (non-hydrogen) atoms. The number of pyridine rings is 1. The first-order chi connectivity index (χ1) is 8.85. The van der Waals surface area contributed by atoms with Crippen molar-refractivity contribution in [2.24, 2.45) is 5.92 Å². The van der Waals surface area contributed by atoms with Crippen molar-refractivity contribution in [3.8, 4) is 0 Å². The van der Waals surface area contributed by atoms with E-state index >= 15 is 0 Å². The van der Waals surface area contributed by atoms with Gasteiger partial charge in [0, 0.05) is 31.5 Å². The number of hydrogen-bond acceptors (Lipinski definition) is 3. The Morgan fingerprint density at radius 3 is 2.83 bits per heavy atom. The van der Waals surface area contributed by atoms with E-state index in [1.807, 2.05) is 19.4 Å². The minimum absolute atomic E-state index is 0.332. The molecule has 1 aromatic heterocycles. The lowest BCUT2D eigenvalue weighted by Gasteiger charge is -2.27. The predicted octanol–water partition coefficient (Wildman–Crippen LogP) is 2.42. The topological polar surface area (TPSA) is 34.2 Å². The maximum Gasteiger partial charge on any atom is 0.0756 e. The molecule has 2 unspecified atom stereocenters. The molecule has 0 radical (unpaired) electrons. The number of methoxy groups -OCH3 is 1. The van der Waals surface area contributed by atoms with Crippen LogP contribution in [0.25, 0.3) is 0 Å². The zero-order valence-corrected chi connectivity index (χ0v) is 11.4. The lowest BCUT2D eigenvalue weighted by molar-refractivity contribution is 0.0508. The van der Waals surface area contributed by atoms with Crippen LogP contribution in [0.3, 0.4) is 0 Å². The molecule has 1 aromatic rings. The Balaban J connectivity index is 1.99. The van der Waals surface area contributed by atoms with E-state index in [9.17, 15) is 0 Å². The molecule has 0 aromatic carbocycles. The quantitative estimate of drug-likeness (QED) is 0.767. The Bertz CT molecular complexity index is 338. The zero-order chi connectivity index (χ0) is 12.8. The highest BCUT2D eigenvalue weighted by Crippen LogP contribution is 2.36. The zero-order valence-electron chi connectivity index (χ0n) is 11.4. The van der Waals surface area contributed by atoms with Gasteiger partial charge in [-0.15, -0.1) is 0 Å². The molecule has 0 bridgehead atoms. The summed E-state index contributed by atoms with van der Waals surface area (Å²) < 4.78 is 5.72. The summed E-state index contributed by atoms with van der Waals surface area (Å²) >= 11 is 0. The van der Waals surface area contributed by atoms with Crippen LogP contribution in [-0.2, 0) is 11.2 Å². The third-order valence-electron chi connectivity index (χ3n) is 3.57. The summed E-state index contributed by atoms with van der Waals surface area (Å²) in [5.41, 5.74) is 1.15. The van der Waals surface area contributed by atoms with Crippen LogP contribution in [0.4, 0.5) is 0 Å². The van der Waals surface area contributed by atoms with Crippen LogP contribution >= 0.6 is 0 Å². The Morgan fingerprint density at radius 2 is 2.28 bits per heavy atom. The summed E-state index contributed by atoms with van der Waals surface area (Å²) in [5.74, 6) is 0.744. The molecule has 1 fully saturated rings. The van der Waals surface area contributed by atoms with E-state index in [1.54, 1.807) is 0 Å². The van der Waals surface area contributed by atoms with Gasteiger partial charge >= 0.3 is 0 Å². The van der Waals surface area contributed by atoms with E-state index in [1.165, 1.54) is 12.8 Å². The summed E-state index contributed by atoms with van der Waals surface area (Å²) in [6.07, 6.45) is 6.93. The molecule has 2 atom stereocenters. The van der Waals surface area contributed by atoms with E-state index in [2.05, 4.69) is 29.4 Å². The smallest absolute Gasteiger partial charge is 0.0756 e. The third kappa shape index (κ3) is 3.79. The van der Waals surface area contributed by atoms with E-state index in [0.29, 0.717) is 12.1 Å². The summed E-state index contributed by atoms with van der Waals surface area (Å²) in [6, 6.07) is 6.50. The Labute approximate surface area is 110 Å². The maximum atomic E-state index is 5.72. The Hall–Kier alpha value is -0.930. The second-order valence-corrected chi connectivity index (χ2v) is 5.12. The van der Waals surface area contributed by atoms with E-state index in [0.717, 1.165) is 31.0 Å². The molecule has 1 aliphatic rings. The fourth-order valence-corrected chi connectivity index (χ4v) is 2.49. The molecule has 2 rings (SSSR count). The fourth-order valence-electron chi connectivity index (χ4n) is 2.49. The highest BCUT2D eigenvalue weighted by molar-refractivity contribution is 5.07. The van der Waals surface area contributed by atoms with E-state index in [4.69, 9.17) is 4.74 Å². The van der Waals surface area contributed by atoms with Gasteiger partial charge in [-0.3, -0.25) is 4.98 Å². The third-order valence-corrected chi connectivity index (χ3v) is 3.57. The SMILES string of the molecule is CCCNC(Cc1ccccn1)C(OC)C1CC1. The molecular formula is C15H24N2O. The van der Waals surface area contributed by atoms with Gasteiger partial charge in [0.05, 0.1) is 6.10 Å². The monoisotopic (exact) mass is 248 g/mol. The number of rotatable bonds is 8. The minimum Gasteiger partial charge on any atom is -0.380 e. The molecule has 0 saturated heterocycles. The minimum atomic E-state index is 0.332. The molecule has 0 spiro atoms. The summed E-state index contributed by atoms with van der Waals surface area (Å²) in [5, 5.41) is 3.63. The highest BCUT2D eigenvalue weighted by Gasteiger charge is 2.36. The molecule has 1 N–H and O–H groups in total. The highest BCUT2D eigenvalue weighted by atomic mass is 16.5. The van der Waals surface area contributed by atoms with Gasteiger partial charge in [0.1, 0.15) is 0 Å². The standard InChI is InChI=1S/C15H24N2O/c1-3-9-17-14(15(18-2)12-7-8-12)11-13-6-4-5-10-16-13/h4-6,10,12,14-15,17H,3,7-9,11H2,1-2H3. The summed E-state index contributed by atoms with van der Waals surface area (Å²) in [6.45, 7) is 3.24. The van der Waals surface area contributed by atoms with Crippen molar-refractivity contribution < 1.29 is 4.74 Å². The second-order valence-electron chi connectivity index (χ2n) is 5.12. The van der Waals surface area contributed by atoms with Gasteiger partial charge in [-0.25, -0.2) is 0 Å². The number of nitrogens with one attached hydrogen (secondary N) is 1. The van der Waals surface area contributed by atoms with Crippen LogP contribution in [-0.4, -0.2) is 30.8 Å². The predicted molar refractivity (Wildman–Crippen MR) is 73.5 cm³/mol. The van der Waals surface area contributed by atoms with Crippen molar-refractivity contribution in [3.63, 3.8) is 0 Å². The van der Waals surface area contributed by atoms with Crippen molar-refractivity contribution in [1.29, 1.82) is 0 Å². The fraction of sp³-hybridized carbons (Fsp3) is 0.667. The molecular weight excluding hydrogens is 224 g/mol. The van der Waals surface area contributed by atoms with Crippen molar-refractivity contribution in [3.05, 3.63) is 30.1 Å². The van der Waals surface area contributed by atoms with Crippen LogP contribution in [0, 0.1) is 5.92 Å². The van der Waals surface area contributed by atoms with Crippen molar-refractivity contribution >= 4 is 0 Å². The number of ether oxygens (including phenoxy) is 1. The Morgan fingerprint density at radius 1 is 1.44 bits per heavy atom. The van der Waals surface area contributed by atoms with Crippen molar-refractivity contribution in [2.45, 2.75) is 44.8 Å². The van der Waals surface area contributed by atoms with Crippen LogP contribution in [0.5, 0.6) is 0 Å². The molecule has 1 heterocycles. The first-order valence-electron chi connectivity index (χ1n) is 7.01. The molecule has 1 aliphatic carbocycles. The first kappa shape index (κ1) is 13.5. The number of aromatic nitrogens is 1. The molecule has 3 nitrogen and oxygen atoms in total. The normalized spacial score (nSPS) is 18.6. The van der Waals surface area contributed by atoms with E-state index < -0.39 is 0 Å². The van der Waals surface area contributed by atoms with E-state index in [-0.39, 0.29) is 0 Å². The van der Waals surface area contributed by atoms with Gasteiger partial charge in [-0.05, 0) is 43.9 Å². The van der Waals surface area contributed by atoms with Crippen LogP contribution in [0.2, 0.25) is 0 Å². The van der Waals surface area contributed by atoms with Gasteiger partial charge in [-0.1, -0.05) is 13.0 Å². The molecule has 1 saturated carbocycles. The van der Waals surface area contributed by atoms with Gasteiger partial charge in [-0.2, -0.15) is 0 Å². The molecule has 0 aliphatic heterocycles. The van der Waals surface area contributed by atoms with Crippen molar-refractivity contribution in [2.75, 3.05) is 13.7 Å².